The van der Waals surface area contributed by atoms with Gasteiger partial charge in [0.25, 0.3) is 0 Å². The average Bonchev–Trinajstić information content (AvgIpc) is 2.52. The molecule has 2 rings (SSSR count). The largest absolute Gasteiger partial charge is 0.468 e. The molecule has 0 spiro atoms. The van der Waals surface area contributed by atoms with Crippen LogP contribution in [0.15, 0.2) is 17.4 Å². The Labute approximate surface area is 136 Å². The Bertz CT molecular complexity index is 508. The first-order valence-corrected chi connectivity index (χ1v) is 8.65. The van der Waals surface area contributed by atoms with Crippen molar-refractivity contribution in [1.82, 2.24) is 9.97 Å². The second-order valence-corrected chi connectivity index (χ2v) is 7.70. The van der Waals surface area contributed by atoms with Gasteiger partial charge < -0.3 is 9.64 Å². The highest BCUT2D eigenvalue weighted by molar-refractivity contribution is 7.99. The number of hydrogen-bond donors (Lipinski definition) is 0. The van der Waals surface area contributed by atoms with E-state index in [0.717, 1.165) is 29.9 Å². The van der Waals surface area contributed by atoms with Gasteiger partial charge in [-0.25, -0.2) is 4.98 Å². The first-order valence-electron chi connectivity index (χ1n) is 7.67. The Morgan fingerprint density at radius 3 is 2.64 bits per heavy atom. The van der Waals surface area contributed by atoms with Crippen molar-refractivity contribution in [2.75, 3.05) is 30.9 Å². The van der Waals surface area contributed by atoms with E-state index in [-0.39, 0.29) is 11.7 Å². The number of ether oxygens (including phenoxy) is 1. The number of hydrogen-bond acceptors (Lipinski definition) is 6. The molecule has 0 aliphatic carbocycles. The molecule has 1 fully saturated rings. The van der Waals surface area contributed by atoms with Gasteiger partial charge in [-0.2, -0.15) is 0 Å². The van der Waals surface area contributed by atoms with Crippen LogP contribution in [-0.4, -0.2) is 41.9 Å². The molecular formula is C16H25N3O2S. The summed E-state index contributed by atoms with van der Waals surface area (Å²) in [7, 11) is 1.39. The number of esters is 1. The van der Waals surface area contributed by atoms with E-state index < -0.39 is 0 Å². The zero-order chi connectivity index (χ0) is 16.2. The van der Waals surface area contributed by atoms with Crippen molar-refractivity contribution in [3.63, 3.8) is 0 Å². The number of carbonyl (C=O) groups excluding carboxylic acids is 1. The summed E-state index contributed by atoms with van der Waals surface area (Å²) in [5.74, 6) is 1.68. The van der Waals surface area contributed by atoms with Crippen LogP contribution in [0.3, 0.4) is 0 Å². The number of carbonyl (C=O) groups is 1. The van der Waals surface area contributed by atoms with Crippen LogP contribution in [0.25, 0.3) is 0 Å². The number of aromatic nitrogens is 2. The lowest BCUT2D eigenvalue weighted by molar-refractivity contribution is -0.137. The quantitative estimate of drug-likeness (QED) is 0.627. The van der Waals surface area contributed by atoms with E-state index >= 15 is 0 Å². The normalized spacial score (nSPS) is 16.6. The van der Waals surface area contributed by atoms with E-state index in [1.807, 2.05) is 0 Å². The molecule has 1 saturated heterocycles. The lowest BCUT2D eigenvalue weighted by atomic mass is 9.75. The summed E-state index contributed by atoms with van der Waals surface area (Å²) < 4.78 is 4.64. The first-order chi connectivity index (χ1) is 10.4. The fourth-order valence-corrected chi connectivity index (χ4v) is 3.40. The molecule has 0 atom stereocenters. The van der Waals surface area contributed by atoms with Gasteiger partial charge in [0.15, 0.2) is 0 Å². The number of nitrogens with zero attached hydrogens (tertiary/aromatic N) is 3. The standard InChI is InChI=1S/C16H25N3O2S/c1-16(2,3)12-5-7-19(8-6-12)13-9-17-10-14(18-13)22-11-15(20)21-4/h9-10,12H,5-8,11H2,1-4H3. The van der Waals surface area contributed by atoms with Crippen LogP contribution in [0.4, 0.5) is 5.82 Å². The summed E-state index contributed by atoms with van der Waals surface area (Å²) in [4.78, 5) is 22.4. The molecule has 0 radical (unpaired) electrons. The van der Waals surface area contributed by atoms with Gasteiger partial charge in [0, 0.05) is 13.1 Å². The fraction of sp³-hybridized carbons (Fsp3) is 0.688. The number of rotatable bonds is 4. The van der Waals surface area contributed by atoms with E-state index in [4.69, 9.17) is 0 Å². The van der Waals surface area contributed by atoms with Crippen molar-refractivity contribution in [1.29, 1.82) is 0 Å². The predicted molar refractivity (Wildman–Crippen MR) is 89.2 cm³/mol. The molecule has 1 aromatic rings. The van der Waals surface area contributed by atoms with Gasteiger partial charge in [-0.05, 0) is 24.2 Å². The van der Waals surface area contributed by atoms with Crippen molar-refractivity contribution in [3.05, 3.63) is 12.4 Å². The summed E-state index contributed by atoms with van der Waals surface area (Å²) >= 11 is 1.36. The number of piperidine rings is 1. The molecule has 6 heteroatoms. The molecule has 0 unspecified atom stereocenters. The molecule has 5 nitrogen and oxygen atoms in total. The minimum atomic E-state index is -0.247. The Hall–Kier alpha value is -1.30. The monoisotopic (exact) mass is 323 g/mol. The van der Waals surface area contributed by atoms with Gasteiger partial charge in [-0.1, -0.05) is 32.5 Å². The highest BCUT2D eigenvalue weighted by Gasteiger charge is 2.29. The van der Waals surface area contributed by atoms with Crippen LogP contribution in [0, 0.1) is 11.3 Å². The fourth-order valence-electron chi connectivity index (χ4n) is 2.73. The maximum atomic E-state index is 11.2. The molecule has 22 heavy (non-hydrogen) atoms. The second kappa shape index (κ2) is 7.31. The number of anilines is 1. The summed E-state index contributed by atoms with van der Waals surface area (Å²) in [5.41, 5.74) is 0.371. The van der Waals surface area contributed by atoms with Crippen LogP contribution in [-0.2, 0) is 9.53 Å². The van der Waals surface area contributed by atoms with E-state index in [2.05, 4.69) is 40.4 Å². The molecule has 1 aliphatic rings. The van der Waals surface area contributed by atoms with Gasteiger partial charge in [0.2, 0.25) is 0 Å². The lowest BCUT2D eigenvalue weighted by Crippen LogP contribution is -2.38. The molecule has 1 aromatic heterocycles. The smallest absolute Gasteiger partial charge is 0.316 e. The average molecular weight is 323 g/mol. The first kappa shape index (κ1) is 17.1. The minimum absolute atomic E-state index is 0.247. The predicted octanol–water partition coefficient (Wildman–Crippen LogP) is 3.00. The van der Waals surface area contributed by atoms with E-state index in [1.54, 1.807) is 12.4 Å². The second-order valence-electron chi connectivity index (χ2n) is 6.71. The maximum absolute atomic E-state index is 11.2. The van der Waals surface area contributed by atoms with Gasteiger partial charge in [-0.3, -0.25) is 9.78 Å². The molecule has 2 heterocycles. The molecule has 0 bridgehead atoms. The van der Waals surface area contributed by atoms with Crippen LogP contribution < -0.4 is 4.90 Å². The zero-order valence-electron chi connectivity index (χ0n) is 13.8. The van der Waals surface area contributed by atoms with Gasteiger partial charge in [0.05, 0.1) is 25.3 Å². The van der Waals surface area contributed by atoms with Crippen LogP contribution in [0.1, 0.15) is 33.6 Å². The molecule has 0 aromatic carbocycles. The topological polar surface area (TPSA) is 55.3 Å². The summed E-state index contributed by atoms with van der Waals surface area (Å²) in [6, 6.07) is 0. The molecule has 1 aliphatic heterocycles. The summed E-state index contributed by atoms with van der Waals surface area (Å²) in [5, 5.41) is 0.765. The molecule has 0 saturated carbocycles. The summed E-state index contributed by atoms with van der Waals surface area (Å²) in [6.45, 7) is 8.98. The third kappa shape index (κ3) is 4.60. The van der Waals surface area contributed by atoms with E-state index in [0.29, 0.717) is 5.41 Å². The van der Waals surface area contributed by atoms with Gasteiger partial charge in [-0.15, -0.1) is 0 Å². The highest BCUT2D eigenvalue weighted by Crippen LogP contribution is 2.35. The van der Waals surface area contributed by atoms with E-state index in [1.165, 1.54) is 31.7 Å². The van der Waals surface area contributed by atoms with Gasteiger partial charge >= 0.3 is 5.97 Å². The van der Waals surface area contributed by atoms with Crippen LogP contribution in [0.5, 0.6) is 0 Å². The van der Waals surface area contributed by atoms with Gasteiger partial charge in [0.1, 0.15) is 10.8 Å². The Morgan fingerprint density at radius 2 is 2.05 bits per heavy atom. The van der Waals surface area contributed by atoms with Crippen LogP contribution in [0.2, 0.25) is 0 Å². The molecule has 122 valence electrons. The SMILES string of the molecule is COC(=O)CSc1cncc(N2CCC(C(C)(C)C)CC2)n1. The summed E-state index contributed by atoms with van der Waals surface area (Å²) in [6.07, 6.45) is 5.87. The molecule has 0 N–H and O–H groups in total. The van der Waals surface area contributed by atoms with Crippen molar-refractivity contribution < 1.29 is 9.53 Å². The van der Waals surface area contributed by atoms with Crippen molar-refractivity contribution in [3.8, 4) is 0 Å². The maximum Gasteiger partial charge on any atom is 0.316 e. The highest BCUT2D eigenvalue weighted by atomic mass is 32.2. The minimum Gasteiger partial charge on any atom is -0.468 e. The zero-order valence-corrected chi connectivity index (χ0v) is 14.7. The number of thioether (sulfide) groups is 1. The van der Waals surface area contributed by atoms with Crippen LogP contribution >= 0.6 is 11.8 Å². The Balaban J connectivity index is 1.95. The number of methoxy groups -OCH3 is 1. The lowest BCUT2D eigenvalue weighted by Gasteiger charge is -2.39. The molecular weight excluding hydrogens is 298 g/mol. The van der Waals surface area contributed by atoms with E-state index in [9.17, 15) is 4.79 Å². The van der Waals surface area contributed by atoms with Crippen molar-refractivity contribution in [2.24, 2.45) is 11.3 Å². The van der Waals surface area contributed by atoms with Crippen molar-refractivity contribution >= 4 is 23.5 Å². The van der Waals surface area contributed by atoms with Crippen molar-refractivity contribution in [2.45, 2.75) is 38.6 Å². The Kier molecular flexibility index (Phi) is 5.67. The third-order valence-electron chi connectivity index (χ3n) is 4.21. The molecule has 0 amide bonds. The Morgan fingerprint density at radius 1 is 1.36 bits per heavy atom. The third-order valence-corrected chi connectivity index (χ3v) is 5.08.